The van der Waals surface area contributed by atoms with Gasteiger partial charge in [0.15, 0.2) is 9.84 Å². The monoisotopic (exact) mass is 394 g/mol. The first-order valence-electron chi connectivity index (χ1n) is 10.4. The Kier molecular flexibility index (Phi) is 5.08. The van der Waals surface area contributed by atoms with Gasteiger partial charge in [-0.3, -0.25) is 9.59 Å². The van der Waals surface area contributed by atoms with Gasteiger partial charge in [0.2, 0.25) is 11.8 Å². The molecular formula is C20H30N2O4S. The number of sulfone groups is 1. The fourth-order valence-electron chi connectivity index (χ4n) is 5.09. The maximum Gasteiger partial charge on any atom is 0.246 e. The first-order valence-corrected chi connectivity index (χ1v) is 12.0. The van der Waals surface area contributed by atoms with E-state index in [0.29, 0.717) is 32.2 Å². The highest BCUT2D eigenvalue weighted by atomic mass is 32.2. The first kappa shape index (κ1) is 19.0. The zero-order chi connectivity index (χ0) is 19.1. The largest absolute Gasteiger partial charge is 0.353 e. The minimum absolute atomic E-state index is 0.00518. The molecular weight excluding hydrogens is 364 g/mol. The molecule has 0 aromatic rings. The third kappa shape index (κ3) is 3.67. The average molecular weight is 395 g/mol. The van der Waals surface area contributed by atoms with E-state index in [-0.39, 0.29) is 35.4 Å². The van der Waals surface area contributed by atoms with Crippen molar-refractivity contribution in [3.63, 3.8) is 0 Å². The summed E-state index contributed by atoms with van der Waals surface area (Å²) in [6.45, 7) is 0.548. The molecule has 27 heavy (non-hydrogen) atoms. The minimum Gasteiger partial charge on any atom is -0.353 e. The van der Waals surface area contributed by atoms with E-state index in [9.17, 15) is 18.0 Å². The Morgan fingerprint density at radius 2 is 1.89 bits per heavy atom. The second-order valence-electron chi connectivity index (χ2n) is 8.93. The lowest BCUT2D eigenvalue weighted by molar-refractivity contribution is -0.128. The van der Waals surface area contributed by atoms with E-state index in [4.69, 9.17) is 0 Å². The van der Waals surface area contributed by atoms with E-state index in [1.807, 2.05) is 6.08 Å². The van der Waals surface area contributed by atoms with Crippen molar-refractivity contribution in [2.75, 3.05) is 12.3 Å². The standard InChI is InChI=1S/C20H30N2O4S/c23-18(15-4-1-2-5-15)21-13-14-10-20(11-14)12-17(8-9-27(20,25)26)22-19(24)16-6-3-7-16/h4,14,16-17H,1-3,5-13H2,(H,21,23)(H,22,24). The summed E-state index contributed by atoms with van der Waals surface area (Å²) in [6, 6.07) is -0.0270. The van der Waals surface area contributed by atoms with Crippen LogP contribution in [0.1, 0.15) is 64.2 Å². The molecule has 2 amide bonds. The van der Waals surface area contributed by atoms with E-state index in [2.05, 4.69) is 10.6 Å². The number of rotatable bonds is 5. The molecule has 1 saturated heterocycles. The van der Waals surface area contributed by atoms with Crippen LogP contribution in [0.3, 0.4) is 0 Å². The Labute approximate surface area is 161 Å². The van der Waals surface area contributed by atoms with Crippen LogP contribution < -0.4 is 10.6 Å². The molecule has 0 aromatic carbocycles. The fraction of sp³-hybridized carbons (Fsp3) is 0.800. The normalized spacial score (nSPS) is 35.0. The molecule has 3 fully saturated rings. The topological polar surface area (TPSA) is 92.3 Å². The molecule has 2 saturated carbocycles. The van der Waals surface area contributed by atoms with E-state index >= 15 is 0 Å². The van der Waals surface area contributed by atoms with Gasteiger partial charge in [0, 0.05) is 24.1 Å². The quantitative estimate of drug-likeness (QED) is 0.744. The molecule has 150 valence electrons. The van der Waals surface area contributed by atoms with E-state index in [0.717, 1.165) is 44.1 Å². The molecule has 1 aliphatic heterocycles. The Morgan fingerprint density at radius 1 is 1.11 bits per heavy atom. The molecule has 0 aromatic heterocycles. The SMILES string of the molecule is O=C(NCC1CC2(C1)CC(NC(=O)C1CCC1)CCS2(=O)=O)C1=CCCC1. The molecule has 2 N–H and O–H groups in total. The zero-order valence-electron chi connectivity index (χ0n) is 15.8. The van der Waals surface area contributed by atoms with Crippen molar-refractivity contribution in [2.45, 2.75) is 75.0 Å². The Morgan fingerprint density at radius 3 is 2.52 bits per heavy atom. The predicted molar refractivity (Wildman–Crippen MR) is 103 cm³/mol. The van der Waals surface area contributed by atoms with Crippen molar-refractivity contribution in [3.8, 4) is 0 Å². The van der Waals surface area contributed by atoms with Gasteiger partial charge in [-0.25, -0.2) is 8.42 Å². The zero-order valence-corrected chi connectivity index (χ0v) is 16.7. The van der Waals surface area contributed by atoms with Crippen molar-refractivity contribution >= 4 is 21.7 Å². The molecule has 6 nitrogen and oxygen atoms in total. The Hall–Kier alpha value is -1.37. The van der Waals surface area contributed by atoms with Gasteiger partial charge in [-0.15, -0.1) is 0 Å². The van der Waals surface area contributed by atoms with Crippen LogP contribution in [-0.2, 0) is 19.4 Å². The van der Waals surface area contributed by atoms with Crippen molar-refractivity contribution in [3.05, 3.63) is 11.6 Å². The van der Waals surface area contributed by atoms with E-state index in [1.54, 1.807) is 0 Å². The summed E-state index contributed by atoms with van der Waals surface area (Å²) in [5.74, 6) is 0.619. The highest BCUT2D eigenvalue weighted by Crippen LogP contribution is 2.50. The van der Waals surface area contributed by atoms with Crippen molar-refractivity contribution in [1.82, 2.24) is 10.6 Å². The number of carbonyl (C=O) groups excluding carboxylic acids is 2. The van der Waals surface area contributed by atoms with Gasteiger partial charge in [-0.2, -0.15) is 0 Å². The van der Waals surface area contributed by atoms with Gasteiger partial charge in [-0.1, -0.05) is 12.5 Å². The van der Waals surface area contributed by atoms with Gasteiger partial charge in [0.1, 0.15) is 0 Å². The molecule has 4 rings (SSSR count). The minimum atomic E-state index is -3.13. The van der Waals surface area contributed by atoms with Crippen LogP contribution in [0, 0.1) is 11.8 Å². The number of hydrogen-bond donors (Lipinski definition) is 2. The van der Waals surface area contributed by atoms with Crippen LogP contribution in [0.5, 0.6) is 0 Å². The van der Waals surface area contributed by atoms with Gasteiger partial charge in [0.05, 0.1) is 10.5 Å². The first-order chi connectivity index (χ1) is 12.9. The van der Waals surface area contributed by atoms with Gasteiger partial charge >= 0.3 is 0 Å². The number of hydrogen-bond acceptors (Lipinski definition) is 4. The molecule has 1 spiro atoms. The smallest absolute Gasteiger partial charge is 0.246 e. The highest BCUT2D eigenvalue weighted by molar-refractivity contribution is 7.92. The van der Waals surface area contributed by atoms with Crippen molar-refractivity contribution in [1.29, 1.82) is 0 Å². The maximum atomic E-state index is 12.7. The van der Waals surface area contributed by atoms with Crippen LogP contribution in [0.25, 0.3) is 0 Å². The van der Waals surface area contributed by atoms with Crippen LogP contribution in [0.15, 0.2) is 11.6 Å². The summed E-state index contributed by atoms with van der Waals surface area (Å²) in [5.41, 5.74) is 0.869. The summed E-state index contributed by atoms with van der Waals surface area (Å²) < 4.78 is 24.7. The number of nitrogens with one attached hydrogen (secondary N) is 2. The molecule has 4 aliphatic rings. The predicted octanol–water partition coefficient (Wildman–Crippen LogP) is 1.86. The molecule has 0 bridgehead atoms. The van der Waals surface area contributed by atoms with Gasteiger partial charge < -0.3 is 10.6 Å². The summed E-state index contributed by atoms with van der Waals surface area (Å²) in [7, 11) is -3.13. The molecule has 7 heteroatoms. The van der Waals surface area contributed by atoms with Crippen LogP contribution in [-0.4, -0.2) is 43.3 Å². The van der Waals surface area contributed by atoms with Crippen LogP contribution in [0.2, 0.25) is 0 Å². The summed E-state index contributed by atoms with van der Waals surface area (Å²) in [6.07, 6.45) is 10.2. The molecule has 1 unspecified atom stereocenters. The van der Waals surface area contributed by atoms with E-state index < -0.39 is 14.6 Å². The second-order valence-corrected chi connectivity index (χ2v) is 11.4. The van der Waals surface area contributed by atoms with E-state index in [1.165, 1.54) is 0 Å². The van der Waals surface area contributed by atoms with Gasteiger partial charge in [-0.05, 0) is 63.7 Å². The number of allylic oxidation sites excluding steroid dienone is 1. The second kappa shape index (κ2) is 7.22. The Balaban J connectivity index is 1.30. The van der Waals surface area contributed by atoms with Crippen molar-refractivity contribution < 1.29 is 18.0 Å². The van der Waals surface area contributed by atoms with Crippen LogP contribution in [0.4, 0.5) is 0 Å². The number of amides is 2. The third-order valence-electron chi connectivity index (χ3n) is 7.04. The lowest BCUT2D eigenvalue weighted by atomic mass is 9.70. The maximum absolute atomic E-state index is 12.7. The summed E-state index contributed by atoms with van der Waals surface area (Å²) >= 11 is 0. The summed E-state index contributed by atoms with van der Waals surface area (Å²) in [5, 5.41) is 6.08. The van der Waals surface area contributed by atoms with Crippen molar-refractivity contribution in [2.24, 2.45) is 11.8 Å². The molecule has 1 heterocycles. The van der Waals surface area contributed by atoms with Crippen LogP contribution >= 0.6 is 0 Å². The molecule has 1 atom stereocenters. The Bertz CT molecular complexity index is 748. The average Bonchev–Trinajstić information content (AvgIpc) is 3.05. The fourth-order valence-corrected chi connectivity index (χ4v) is 7.55. The summed E-state index contributed by atoms with van der Waals surface area (Å²) in [4.78, 5) is 24.3. The lowest BCUT2D eigenvalue weighted by Gasteiger charge is -2.51. The third-order valence-corrected chi connectivity index (χ3v) is 9.63. The number of carbonyl (C=O) groups is 2. The highest BCUT2D eigenvalue weighted by Gasteiger charge is 2.56. The lowest BCUT2D eigenvalue weighted by Crippen LogP contribution is -2.60. The van der Waals surface area contributed by atoms with Gasteiger partial charge in [0.25, 0.3) is 0 Å². The molecule has 0 radical (unpaired) electrons. The molecule has 3 aliphatic carbocycles.